The molecule has 0 radical (unpaired) electrons. The maximum Gasteiger partial charge on any atom is 0.310 e. The summed E-state index contributed by atoms with van der Waals surface area (Å²) in [5, 5.41) is 13.3. The quantitative estimate of drug-likeness (QED) is 0.580. The summed E-state index contributed by atoms with van der Waals surface area (Å²) in [6, 6.07) is 1.87. The first-order chi connectivity index (χ1) is 8.67. The second kappa shape index (κ2) is 7.70. The van der Waals surface area contributed by atoms with Crippen LogP contribution in [-0.2, 0) is 9.59 Å². The van der Waals surface area contributed by atoms with Crippen molar-refractivity contribution in [2.45, 2.75) is 51.5 Å². The smallest absolute Gasteiger partial charge is 0.310 e. The van der Waals surface area contributed by atoms with Gasteiger partial charge >= 0.3 is 11.8 Å². The molecule has 1 aliphatic carbocycles. The van der Waals surface area contributed by atoms with Crippen LogP contribution in [0.2, 0.25) is 0 Å². The summed E-state index contributed by atoms with van der Waals surface area (Å²) in [4.78, 5) is 22.8. The molecule has 0 spiro atoms. The molecule has 5 heteroatoms. The Labute approximate surface area is 108 Å². The standard InChI is InChI=1S/C13H21N3O2/c1-2-3-10-4-6-11(7-5-10)16-13(18)12(17)15-9-8-14/h10-11H,2-7,9H2,1H3,(H,15,17)(H,16,18). The summed E-state index contributed by atoms with van der Waals surface area (Å²) < 4.78 is 0. The molecule has 0 aromatic carbocycles. The SMILES string of the molecule is CCCC1CCC(NC(=O)C(=O)NCC#N)CC1. The van der Waals surface area contributed by atoms with Gasteiger partial charge in [-0.1, -0.05) is 19.8 Å². The summed E-state index contributed by atoms with van der Waals surface area (Å²) >= 11 is 0. The number of carbonyl (C=O) groups is 2. The first kappa shape index (κ1) is 14.5. The van der Waals surface area contributed by atoms with E-state index in [1.54, 1.807) is 6.07 Å². The van der Waals surface area contributed by atoms with E-state index in [1.165, 1.54) is 12.8 Å². The van der Waals surface area contributed by atoms with Crippen molar-refractivity contribution in [3.8, 4) is 6.07 Å². The van der Waals surface area contributed by atoms with Crippen molar-refractivity contribution in [3.63, 3.8) is 0 Å². The van der Waals surface area contributed by atoms with Crippen LogP contribution in [0.25, 0.3) is 0 Å². The molecule has 0 heterocycles. The Kier molecular flexibility index (Phi) is 6.20. The van der Waals surface area contributed by atoms with Gasteiger partial charge < -0.3 is 10.6 Å². The summed E-state index contributed by atoms with van der Waals surface area (Å²) in [5.74, 6) is -0.563. The number of amides is 2. The van der Waals surface area contributed by atoms with Crippen LogP contribution in [0.1, 0.15) is 45.4 Å². The maximum atomic E-state index is 11.5. The molecule has 1 aliphatic rings. The molecule has 0 aliphatic heterocycles. The van der Waals surface area contributed by atoms with E-state index in [0.29, 0.717) is 0 Å². The number of nitrogens with one attached hydrogen (secondary N) is 2. The highest BCUT2D eigenvalue weighted by atomic mass is 16.2. The Morgan fingerprint density at radius 1 is 1.22 bits per heavy atom. The molecule has 100 valence electrons. The van der Waals surface area contributed by atoms with Gasteiger partial charge in [0.15, 0.2) is 0 Å². The zero-order valence-corrected chi connectivity index (χ0v) is 10.9. The first-order valence-electron chi connectivity index (χ1n) is 6.63. The molecule has 0 unspecified atom stereocenters. The van der Waals surface area contributed by atoms with Gasteiger partial charge in [0.05, 0.1) is 6.07 Å². The molecule has 1 rings (SSSR count). The molecule has 18 heavy (non-hydrogen) atoms. The highest BCUT2D eigenvalue weighted by Gasteiger charge is 2.23. The van der Waals surface area contributed by atoms with Crippen LogP contribution in [0.5, 0.6) is 0 Å². The number of nitriles is 1. The molecule has 1 saturated carbocycles. The van der Waals surface area contributed by atoms with E-state index in [4.69, 9.17) is 5.26 Å². The van der Waals surface area contributed by atoms with Crippen LogP contribution in [-0.4, -0.2) is 24.4 Å². The predicted octanol–water partition coefficient (Wildman–Crippen LogP) is 1.10. The van der Waals surface area contributed by atoms with E-state index in [1.807, 2.05) is 0 Å². The van der Waals surface area contributed by atoms with Gasteiger partial charge in [-0.05, 0) is 31.6 Å². The van der Waals surface area contributed by atoms with Crippen molar-refractivity contribution in [2.24, 2.45) is 5.92 Å². The van der Waals surface area contributed by atoms with Gasteiger partial charge in [0.25, 0.3) is 0 Å². The Balaban J connectivity index is 2.26. The topological polar surface area (TPSA) is 82.0 Å². The van der Waals surface area contributed by atoms with Crippen LogP contribution in [0, 0.1) is 17.2 Å². The van der Waals surface area contributed by atoms with E-state index in [0.717, 1.165) is 31.6 Å². The first-order valence-corrected chi connectivity index (χ1v) is 6.63. The van der Waals surface area contributed by atoms with E-state index >= 15 is 0 Å². The van der Waals surface area contributed by atoms with Crippen molar-refractivity contribution in [2.75, 3.05) is 6.54 Å². The number of nitrogens with zero attached hydrogens (tertiary/aromatic N) is 1. The van der Waals surface area contributed by atoms with Gasteiger partial charge in [-0.3, -0.25) is 9.59 Å². The number of rotatable bonds is 4. The molecule has 0 bridgehead atoms. The zero-order chi connectivity index (χ0) is 13.4. The average molecular weight is 251 g/mol. The lowest BCUT2D eigenvalue weighted by Gasteiger charge is -2.28. The predicted molar refractivity (Wildman–Crippen MR) is 67.4 cm³/mol. The van der Waals surface area contributed by atoms with Gasteiger partial charge in [0, 0.05) is 6.04 Å². The number of hydrogen-bond acceptors (Lipinski definition) is 3. The van der Waals surface area contributed by atoms with E-state index in [9.17, 15) is 9.59 Å². The Morgan fingerprint density at radius 3 is 2.44 bits per heavy atom. The lowest BCUT2D eigenvalue weighted by Crippen LogP contribution is -2.45. The minimum absolute atomic E-state index is 0.110. The summed E-state index contributed by atoms with van der Waals surface area (Å²) in [7, 11) is 0. The third-order valence-corrected chi connectivity index (χ3v) is 3.41. The molecule has 0 saturated heterocycles. The fourth-order valence-corrected chi connectivity index (χ4v) is 2.45. The molecular formula is C13H21N3O2. The minimum atomic E-state index is -0.716. The molecule has 5 nitrogen and oxygen atoms in total. The average Bonchev–Trinajstić information content (AvgIpc) is 2.38. The van der Waals surface area contributed by atoms with Gasteiger partial charge in [-0.25, -0.2) is 0 Å². The molecule has 0 aromatic rings. The summed E-state index contributed by atoms with van der Waals surface area (Å²) in [6.07, 6.45) is 6.60. The third kappa shape index (κ3) is 4.74. The van der Waals surface area contributed by atoms with Crippen LogP contribution >= 0.6 is 0 Å². The third-order valence-electron chi connectivity index (χ3n) is 3.41. The summed E-state index contributed by atoms with van der Waals surface area (Å²) in [6.45, 7) is 2.06. The van der Waals surface area contributed by atoms with Gasteiger partial charge in [-0.2, -0.15) is 5.26 Å². The van der Waals surface area contributed by atoms with Gasteiger partial charge in [0.2, 0.25) is 0 Å². The monoisotopic (exact) mass is 251 g/mol. The van der Waals surface area contributed by atoms with Crippen LogP contribution in [0.4, 0.5) is 0 Å². The Bertz CT molecular complexity index is 328. The van der Waals surface area contributed by atoms with Crippen LogP contribution in [0.3, 0.4) is 0 Å². The highest BCUT2D eigenvalue weighted by Crippen LogP contribution is 2.27. The highest BCUT2D eigenvalue weighted by molar-refractivity contribution is 6.35. The lowest BCUT2D eigenvalue weighted by molar-refractivity contribution is -0.139. The van der Waals surface area contributed by atoms with Crippen molar-refractivity contribution in [1.29, 1.82) is 5.26 Å². The number of carbonyl (C=O) groups excluding carboxylic acids is 2. The Hall–Kier alpha value is -1.57. The molecule has 0 aromatic heterocycles. The van der Waals surface area contributed by atoms with Crippen molar-refractivity contribution in [1.82, 2.24) is 10.6 Å². The summed E-state index contributed by atoms with van der Waals surface area (Å²) in [5.41, 5.74) is 0. The van der Waals surface area contributed by atoms with Gasteiger partial charge in [-0.15, -0.1) is 0 Å². The molecule has 0 atom stereocenters. The molecule has 1 fully saturated rings. The lowest BCUT2D eigenvalue weighted by atomic mass is 9.83. The normalized spacial score (nSPS) is 22.9. The van der Waals surface area contributed by atoms with Crippen LogP contribution < -0.4 is 10.6 Å². The molecule has 2 amide bonds. The zero-order valence-electron chi connectivity index (χ0n) is 10.9. The van der Waals surface area contributed by atoms with Crippen molar-refractivity contribution >= 4 is 11.8 Å². The Morgan fingerprint density at radius 2 is 1.89 bits per heavy atom. The molecular weight excluding hydrogens is 230 g/mol. The minimum Gasteiger partial charge on any atom is -0.345 e. The maximum absolute atomic E-state index is 11.5. The number of hydrogen-bond donors (Lipinski definition) is 2. The second-order valence-corrected chi connectivity index (χ2v) is 4.82. The van der Waals surface area contributed by atoms with E-state index in [2.05, 4.69) is 17.6 Å². The van der Waals surface area contributed by atoms with Gasteiger partial charge in [0.1, 0.15) is 6.54 Å². The van der Waals surface area contributed by atoms with E-state index in [-0.39, 0.29) is 12.6 Å². The van der Waals surface area contributed by atoms with Crippen LogP contribution in [0.15, 0.2) is 0 Å². The van der Waals surface area contributed by atoms with E-state index < -0.39 is 11.8 Å². The van der Waals surface area contributed by atoms with Crippen molar-refractivity contribution < 1.29 is 9.59 Å². The molecule has 2 N–H and O–H groups in total. The second-order valence-electron chi connectivity index (χ2n) is 4.82. The van der Waals surface area contributed by atoms with Crippen molar-refractivity contribution in [3.05, 3.63) is 0 Å². The fraction of sp³-hybridized carbons (Fsp3) is 0.769. The largest absolute Gasteiger partial charge is 0.345 e. The fourth-order valence-electron chi connectivity index (χ4n) is 2.45.